The summed E-state index contributed by atoms with van der Waals surface area (Å²) in [5.74, 6) is -4.80. The molecule has 6 heteroatoms. The monoisotopic (exact) mass is 330 g/mol. The van der Waals surface area contributed by atoms with Gasteiger partial charge >= 0.3 is 0 Å². The molecule has 0 radical (unpaired) electrons. The third-order valence-electron chi connectivity index (χ3n) is 4.74. The topological polar surface area (TPSA) is 24.1 Å². The minimum absolute atomic E-state index is 0.128. The van der Waals surface area contributed by atoms with E-state index in [1.165, 1.54) is 6.07 Å². The number of hydrogen-bond acceptors (Lipinski definition) is 2. The Morgan fingerprint density at radius 2 is 1.48 bits per heavy atom. The molecule has 2 N–H and O–H groups in total. The van der Waals surface area contributed by atoms with Gasteiger partial charge in [-0.05, 0) is 52.4 Å². The van der Waals surface area contributed by atoms with Crippen LogP contribution in [0.5, 0.6) is 0 Å². The van der Waals surface area contributed by atoms with Crippen LogP contribution in [0.4, 0.5) is 17.6 Å². The van der Waals surface area contributed by atoms with Gasteiger partial charge in [-0.2, -0.15) is 0 Å². The summed E-state index contributed by atoms with van der Waals surface area (Å²) in [6, 6.07) is 1.97. The molecule has 0 saturated carbocycles. The molecule has 2 unspecified atom stereocenters. The molecule has 0 aromatic heterocycles. The first kappa shape index (κ1) is 17.9. The minimum Gasteiger partial charge on any atom is -0.317 e. The van der Waals surface area contributed by atoms with Gasteiger partial charge in [0, 0.05) is 12.1 Å². The molecule has 1 aromatic carbocycles. The lowest BCUT2D eigenvalue weighted by Gasteiger charge is -2.35. The molecule has 2 nitrogen and oxygen atoms in total. The van der Waals surface area contributed by atoms with E-state index in [0.29, 0.717) is 0 Å². The number of allylic oxidation sites excluding steroid dienone is 1. The van der Waals surface area contributed by atoms with Gasteiger partial charge in [-0.1, -0.05) is 6.07 Å². The van der Waals surface area contributed by atoms with E-state index in [1.807, 2.05) is 13.8 Å². The van der Waals surface area contributed by atoms with Crippen LogP contribution in [-0.2, 0) is 5.41 Å². The van der Waals surface area contributed by atoms with E-state index in [2.05, 4.69) is 10.6 Å². The summed E-state index contributed by atoms with van der Waals surface area (Å²) < 4.78 is 56.8. The summed E-state index contributed by atoms with van der Waals surface area (Å²) in [5, 5.41) is 6.00. The van der Waals surface area contributed by atoms with Crippen molar-refractivity contribution in [1.29, 1.82) is 0 Å². The highest BCUT2D eigenvalue weighted by Gasteiger charge is 2.49. The number of nitrogens with one attached hydrogen (secondary N) is 2. The molecule has 0 amide bonds. The van der Waals surface area contributed by atoms with Crippen LogP contribution in [-0.4, -0.2) is 26.2 Å². The number of hydrogen-bond donors (Lipinski definition) is 2. The maximum absolute atomic E-state index is 14.9. The van der Waals surface area contributed by atoms with E-state index in [0.717, 1.165) is 6.07 Å². The Hall–Kier alpha value is -1.40. The average molecular weight is 330 g/mol. The lowest BCUT2D eigenvalue weighted by molar-refractivity contribution is 0.295. The van der Waals surface area contributed by atoms with E-state index >= 15 is 0 Å². The second-order valence-corrected chi connectivity index (χ2v) is 6.28. The van der Waals surface area contributed by atoms with Crippen LogP contribution in [0, 0.1) is 11.6 Å². The van der Waals surface area contributed by atoms with E-state index < -0.39 is 34.3 Å². The Morgan fingerprint density at radius 1 is 0.957 bits per heavy atom. The van der Waals surface area contributed by atoms with Gasteiger partial charge in [0.2, 0.25) is 0 Å². The summed E-state index contributed by atoms with van der Waals surface area (Å²) in [7, 11) is 3.44. The maximum atomic E-state index is 14.9. The molecule has 0 spiro atoms. The summed E-state index contributed by atoms with van der Waals surface area (Å²) in [5.41, 5.74) is -1.71. The predicted molar refractivity (Wildman–Crippen MR) is 83.4 cm³/mol. The molecular formula is C17H22F4N2. The van der Waals surface area contributed by atoms with Crippen molar-refractivity contribution in [3.63, 3.8) is 0 Å². The van der Waals surface area contributed by atoms with Gasteiger partial charge in [0.15, 0.2) is 17.5 Å². The van der Waals surface area contributed by atoms with E-state index in [-0.39, 0.29) is 30.5 Å². The average Bonchev–Trinajstić information content (AvgIpc) is 2.73. The molecule has 0 fully saturated rings. The highest BCUT2D eigenvalue weighted by Crippen LogP contribution is 2.53. The number of benzene rings is 1. The van der Waals surface area contributed by atoms with Crippen molar-refractivity contribution in [3.8, 4) is 0 Å². The van der Waals surface area contributed by atoms with Crippen molar-refractivity contribution in [1.82, 2.24) is 10.6 Å². The maximum Gasteiger partial charge on any atom is 0.169 e. The third-order valence-corrected chi connectivity index (χ3v) is 4.74. The molecule has 2 atom stereocenters. The number of halogens is 4. The summed E-state index contributed by atoms with van der Waals surface area (Å²) >= 11 is 0. The summed E-state index contributed by atoms with van der Waals surface area (Å²) in [4.78, 5) is 0. The van der Waals surface area contributed by atoms with Crippen LogP contribution in [0.1, 0.15) is 37.8 Å². The molecule has 23 heavy (non-hydrogen) atoms. The molecule has 0 bridgehead atoms. The van der Waals surface area contributed by atoms with Gasteiger partial charge in [-0.25, -0.2) is 17.6 Å². The molecule has 2 rings (SSSR count). The van der Waals surface area contributed by atoms with Crippen molar-refractivity contribution < 1.29 is 17.6 Å². The third kappa shape index (κ3) is 2.90. The first-order valence-corrected chi connectivity index (χ1v) is 7.67. The Labute approximate surface area is 134 Å². The predicted octanol–water partition coefficient (Wildman–Crippen LogP) is 3.82. The zero-order valence-electron chi connectivity index (χ0n) is 13.7. The van der Waals surface area contributed by atoms with Crippen LogP contribution in [0.25, 0.3) is 5.83 Å². The van der Waals surface area contributed by atoms with Crippen molar-refractivity contribution in [2.45, 2.75) is 44.2 Å². The zero-order chi connectivity index (χ0) is 17.4. The molecule has 1 aliphatic carbocycles. The molecule has 0 aliphatic heterocycles. The van der Waals surface area contributed by atoms with Crippen molar-refractivity contribution in [2.24, 2.45) is 0 Å². The first-order valence-electron chi connectivity index (χ1n) is 7.67. The highest BCUT2D eigenvalue weighted by molar-refractivity contribution is 5.75. The quantitative estimate of drug-likeness (QED) is 0.775. The fraction of sp³-hybridized carbons (Fsp3) is 0.529. The fourth-order valence-electron chi connectivity index (χ4n) is 3.33. The van der Waals surface area contributed by atoms with Crippen LogP contribution < -0.4 is 10.6 Å². The molecule has 0 saturated heterocycles. The molecule has 128 valence electrons. The number of fused-ring (bicyclic) bond motifs is 1. The SMILES string of the molecule is CNC(C)CC1(CC(C)NC)C(F)=C(F)c2c1ccc(F)c2F. The summed E-state index contributed by atoms with van der Waals surface area (Å²) in [6.45, 7) is 3.68. The van der Waals surface area contributed by atoms with E-state index in [4.69, 9.17) is 0 Å². The normalized spacial score (nSPS) is 23.1. The Bertz CT molecular complexity index is 615. The Morgan fingerprint density at radius 3 is 1.96 bits per heavy atom. The lowest BCUT2D eigenvalue weighted by Crippen LogP contribution is -2.40. The molecular weight excluding hydrogens is 308 g/mol. The molecule has 1 aromatic rings. The van der Waals surface area contributed by atoms with Crippen molar-refractivity contribution in [2.75, 3.05) is 14.1 Å². The van der Waals surface area contributed by atoms with Crippen molar-refractivity contribution in [3.05, 3.63) is 40.7 Å². The van der Waals surface area contributed by atoms with Crippen LogP contribution in [0.3, 0.4) is 0 Å². The van der Waals surface area contributed by atoms with Crippen LogP contribution >= 0.6 is 0 Å². The minimum atomic E-state index is -1.33. The van der Waals surface area contributed by atoms with Gasteiger partial charge in [-0.15, -0.1) is 0 Å². The van der Waals surface area contributed by atoms with Crippen molar-refractivity contribution >= 4 is 5.83 Å². The smallest absolute Gasteiger partial charge is 0.169 e. The Balaban J connectivity index is 2.66. The van der Waals surface area contributed by atoms with E-state index in [9.17, 15) is 17.6 Å². The Kier molecular flexibility index (Phi) is 5.16. The van der Waals surface area contributed by atoms with Gasteiger partial charge in [-0.3, -0.25) is 0 Å². The molecule has 0 heterocycles. The van der Waals surface area contributed by atoms with Gasteiger partial charge < -0.3 is 10.6 Å². The zero-order valence-corrected chi connectivity index (χ0v) is 13.7. The van der Waals surface area contributed by atoms with Gasteiger partial charge in [0.1, 0.15) is 5.83 Å². The van der Waals surface area contributed by atoms with Gasteiger partial charge in [0.05, 0.1) is 11.0 Å². The summed E-state index contributed by atoms with van der Waals surface area (Å²) in [6.07, 6.45) is 0.486. The second kappa shape index (κ2) is 6.61. The number of rotatable bonds is 6. The first-order chi connectivity index (χ1) is 10.8. The van der Waals surface area contributed by atoms with Gasteiger partial charge in [0.25, 0.3) is 0 Å². The second-order valence-electron chi connectivity index (χ2n) is 6.28. The highest BCUT2D eigenvalue weighted by atomic mass is 19.2. The fourth-order valence-corrected chi connectivity index (χ4v) is 3.33. The lowest BCUT2D eigenvalue weighted by atomic mass is 9.72. The largest absolute Gasteiger partial charge is 0.317 e. The van der Waals surface area contributed by atoms with E-state index in [1.54, 1.807) is 14.1 Å². The van der Waals surface area contributed by atoms with Crippen LogP contribution in [0.15, 0.2) is 18.0 Å². The van der Waals surface area contributed by atoms with Crippen LogP contribution in [0.2, 0.25) is 0 Å². The molecule has 1 aliphatic rings. The standard InChI is InChI=1S/C17H22F4N2/c1-9(22-3)7-17(8-10(2)23-4)11-5-6-12(18)14(19)13(11)15(20)16(17)21/h5-6,9-10,22-23H,7-8H2,1-4H3.